The first kappa shape index (κ1) is 14.1. The van der Waals surface area contributed by atoms with Crippen LogP contribution >= 0.6 is 0 Å². The number of carbonyl (C=O) groups excluding carboxylic acids is 1. The molecule has 0 radical (unpaired) electrons. The summed E-state index contributed by atoms with van der Waals surface area (Å²) in [6, 6.07) is 10.0. The van der Waals surface area contributed by atoms with Crippen LogP contribution in [-0.2, 0) is 0 Å². The van der Waals surface area contributed by atoms with Gasteiger partial charge in [-0.05, 0) is 19.8 Å². The summed E-state index contributed by atoms with van der Waals surface area (Å²) >= 11 is 0. The summed E-state index contributed by atoms with van der Waals surface area (Å²) < 4.78 is 0. The van der Waals surface area contributed by atoms with E-state index in [0.29, 0.717) is 6.54 Å². The molecule has 0 aliphatic carbocycles. The quantitative estimate of drug-likeness (QED) is 0.926. The molecule has 5 heteroatoms. The summed E-state index contributed by atoms with van der Waals surface area (Å²) in [7, 11) is 0. The van der Waals surface area contributed by atoms with Crippen LogP contribution in [0.2, 0.25) is 0 Å². The van der Waals surface area contributed by atoms with E-state index in [0.717, 1.165) is 24.4 Å². The molecule has 1 N–H and O–H groups in total. The van der Waals surface area contributed by atoms with Gasteiger partial charge in [0.1, 0.15) is 11.9 Å². The Labute approximate surface area is 125 Å². The van der Waals surface area contributed by atoms with Crippen molar-refractivity contribution in [3.8, 4) is 0 Å². The van der Waals surface area contributed by atoms with Crippen LogP contribution < -0.4 is 5.32 Å². The molecule has 1 fully saturated rings. The maximum atomic E-state index is 12.1. The Hall–Kier alpha value is -1.88. The average Bonchev–Trinajstić information content (AvgIpc) is 2.56. The van der Waals surface area contributed by atoms with Crippen molar-refractivity contribution in [2.75, 3.05) is 19.6 Å². The molecule has 0 spiro atoms. The summed E-state index contributed by atoms with van der Waals surface area (Å²) in [5.74, 6) is 0. The van der Waals surface area contributed by atoms with E-state index in [1.807, 2.05) is 25.1 Å². The summed E-state index contributed by atoms with van der Waals surface area (Å²) in [5, 5.41) is 9.23. The molecule has 1 aromatic rings. The smallest absolute Gasteiger partial charge is 0.315 e. The van der Waals surface area contributed by atoms with Crippen molar-refractivity contribution in [3.05, 3.63) is 35.9 Å². The van der Waals surface area contributed by atoms with Crippen molar-refractivity contribution in [3.63, 3.8) is 0 Å². The molecule has 3 rings (SSSR count). The second-order valence-electron chi connectivity index (χ2n) is 5.52. The van der Waals surface area contributed by atoms with Crippen LogP contribution in [0.1, 0.15) is 31.7 Å². The number of rotatable bonds is 3. The Bertz CT molecular complexity index is 522. The van der Waals surface area contributed by atoms with Gasteiger partial charge in [0.2, 0.25) is 0 Å². The number of nitrogens with one attached hydrogen (secondary N) is 1. The minimum atomic E-state index is -0.108. The molecule has 0 bridgehead atoms. The van der Waals surface area contributed by atoms with Crippen molar-refractivity contribution in [2.45, 2.75) is 32.4 Å². The number of likely N-dealkylation sites (tertiary alicyclic amines) is 1. The summed E-state index contributed by atoms with van der Waals surface area (Å²) in [4.78, 5) is 14.5. The molecule has 0 aromatic heterocycles. The largest absolute Gasteiger partial charge is 0.339 e. The zero-order valence-corrected chi connectivity index (χ0v) is 12.5. The minimum absolute atomic E-state index is 0.104. The van der Waals surface area contributed by atoms with Crippen molar-refractivity contribution < 1.29 is 4.79 Å². The van der Waals surface area contributed by atoms with E-state index >= 15 is 0 Å². The topological polar surface area (TPSA) is 47.9 Å². The summed E-state index contributed by atoms with van der Waals surface area (Å²) in [6.07, 6.45) is 3.54. The van der Waals surface area contributed by atoms with Crippen LogP contribution in [0.5, 0.6) is 0 Å². The van der Waals surface area contributed by atoms with Gasteiger partial charge in [-0.25, -0.2) is 9.80 Å². The van der Waals surface area contributed by atoms with Gasteiger partial charge in [0.05, 0.1) is 0 Å². The standard InChI is InChI=1S/C16H22N4O/c1-2-20-16(21)17-15(19-11-7-4-8-12-19)14(18-20)13-9-5-3-6-10-13/h3,5-6,9-10,15H,2,4,7-8,11-12H2,1H3,(H,17,21)/t15-/m0/s1. The summed E-state index contributed by atoms with van der Waals surface area (Å²) in [6.45, 7) is 4.55. The Kier molecular flexibility index (Phi) is 4.20. The number of amides is 2. The molecule has 2 aliphatic rings. The number of piperidine rings is 1. The van der Waals surface area contributed by atoms with E-state index in [9.17, 15) is 4.79 Å². The van der Waals surface area contributed by atoms with Crippen LogP contribution in [0, 0.1) is 0 Å². The molecular weight excluding hydrogens is 264 g/mol. The van der Waals surface area contributed by atoms with Crippen LogP contribution in [0.15, 0.2) is 35.4 Å². The van der Waals surface area contributed by atoms with E-state index in [1.165, 1.54) is 24.3 Å². The molecule has 0 unspecified atom stereocenters. The van der Waals surface area contributed by atoms with Gasteiger partial charge in [-0.15, -0.1) is 0 Å². The third-order valence-corrected chi connectivity index (χ3v) is 4.11. The highest BCUT2D eigenvalue weighted by molar-refractivity contribution is 6.07. The lowest BCUT2D eigenvalue weighted by molar-refractivity contribution is 0.148. The second-order valence-corrected chi connectivity index (χ2v) is 5.52. The van der Waals surface area contributed by atoms with Crippen molar-refractivity contribution in [1.82, 2.24) is 15.2 Å². The predicted molar refractivity (Wildman–Crippen MR) is 83.1 cm³/mol. The molecule has 2 aliphatic heterocycles. The minimum Gasteiger partial charge on any atom is -0.315 e. The molecule has 21 heavy (non-hydrogen) atoms. The number of carbonyl (C=O) groups is 1. The van der Waals surface area contributed by atoms with E-state index in [2.05, 4.69) is 27.5 Å². The monoisotopic (exact) mass is 286 g/mol. The van der Waals surface area contributed by atoms with Crippen molar-refractivity contribution >= 4 is 11.7 Å². The van der Waals surface area contributed by atoms with Gasteiger partial charge in [0, 0.05) is 25.2 Å². The lowest BCUT2D eigenvalue weighted by Gasteiger charge is -2.39. The molecule has 1 saturated heterocycles. The highest BCUT2D eigenvalue weighted by atomic mass is 16.2. The predicted octanol–water partition coefficient (Wildman–Crippen LogP) is 2.25. The number of hydrogen-bond acceptors (Lipinski definition) is 3. The highest BCUT2D eigenvalue weighted by Crippen LogP contribution is 2.18. The van der Waals surface area contributed by atoms with Crippen LogP contribution in [-0.4, -0.2) is 47.5 Å². The molecule has 5 nitrogen and oxygen atoms in total. The van der Waals surface area contributed by atoms with Gasteiger partial charge in [-0.2, -0.15) is 5.10 Å². The third-order valence-electron chi connectivity index (χ3n) is 4.11. The van der Waals surface area contributed by atoms with Crippen molar-refractivity contribution in [1.29, 1.82) is 0 Å². The van der Waals surface area contributed by atoms with Gasteiger partial charge >= 0.3 is 6.03 Å². The van der Waals surface area contributed by atoms with Crippen LogP contribution in [0.4, 0.5) is 4.79 Å². The van der Waals surface area contributed by atoms with Gasteiger partial charge < -0.3 is 5.32 Å². The number of hydrogen-bond donors (Lipinski definition) is 1. The lowest BCUT2D eigenvalue weighted by atomic mass is 10.0. The highest BCUT2D eigenvalue weighted by Gasteiger charge is 2.33. The number of urea groups is 1. The van der Waals surface area contributed by atoms with Crippen molar-refractivity contribution in [2.24, 2.45) is 5.10 Å². The molecule has 2 heterocycles. The fraction of sp³-hybridized carbons (Fsp3) is 0.500. The molecule has 1 aromatic carbocycles. The first-order valence-electron chi connectivity index (χ1n) is 7.75. The Morgan fingerprint density at radius 2 is 1.90 bits per heavy atom. The van der Waals surface area contributed by atoms with Gasteiger partial charge in [-0.1, -0.05) is 36.8 Å². The maximum absolute atomic E-state index is 12.1. The fourth-order valence-corrected chi connectivity index (χ4v) is 2.97. The van der Waals surface area contributed by atoms with E-state index in [4.69, 9.17) is 0 Å². The first-order valence-corrected chi connectivity index (χ1v) is 7.75. The molecule has 2 amide bonds. The zero-order valence-electron chi connectivity index (χ0n) is 12.5. The van der Waals surface area contributed by atoms with E-state index in [-0.39, 0.29) is 12.2 Å². The molecule has 0 saturated carbocycles. The first-order chi connectivity index (χ1) is 10.3. The van der Waals surface area contributed by atoms with Gasteiger partial charge in [0.25, 0.3) is 0 Å². The van der Waals surface area contributed by atoms with Gasteiger partial charge in [0.15, 0.2) is 0 Å². The van der Waals surface area contributed by atoms with E-state index in [1.54, 1.807) is 0 Å². The number of nitrogens with zero attached hydrogens (tertiary/aromatic N) is 3. The molecule has 112 valence electrons. The normalized spacial score (nSPS) is 23.7. The fourth-order valence-electron chi connectivity index (χ4n) is 2.97. The lowest BCUT2D eigenvalue weighted by Crippen LogP contribution is -2.60. The molecule has 1 atom stereocenters. The van der Waals surface area contributed by atoms with E-state index < -0.39 is 0 Å². The maximum Gasteiger partial charge on any atom is 0.339 e. The Balaban J connectivity index is 1.94. The molecular formula is C16H22N4O. The summed E-state index contributed by atoms with van der Waals surface area (Å²) in [5.41, 5.74) is 2.02. The Morgan fingerprint density at radius 3 is 2.57 bits per heavy atom. The third kappa shape index (κ3) is 2.93. The van der Waals surface area contributed by atoms with Crippen LogP contribution in [0.3, 0.4) is 0 Å². The average molecular weight is 286 g/mol. The SMILES string of the molecule is CCN1N=C(c2ccccc2)[C@H](N2CCCCC2)NC1=O. The van der Waals surface area contributed by atoms with Crippen LogP contribution in [0.25, 0.3) is 0 Å². The second kappa shape index (κ2) is 6.26. The zero-order chi connectivity index (χ0) is 14.7. The number of benzene rings is 1. The number of hydrazone groups is 1. The van der Waals surface area contributed by atoms with Gasteiger partial charge in [-0.3, -0.25) is 4.90 Å². The Morgan fingerprint density at radius 1 is 1.19 bits per heavy atom.